The van der Waals surface area contributed by atoms with Crippen LogP contribution in [-0.4, -0.2) is 38.8 Å². The number of sulfonamides is 1. The highest BCUT2D eigenvalue weighted by Gasteiger charge is 2.34. The lowest BCUT2D eigenvalue weighted by molar-refractivity contribution is -0.122. The zero-order valence-electron chi connectivity index (χ0n) is 13.1. The number of carbonyl (C=O) groups excluding carboxylic acids is 1. The Balaban J connectivity index is 2.34. The topological polar surface area (TPSA) is 89.7 Å². The van der Waals surface area contributed by atoms with E-state index >= 15 is 0 Å². The first-order chi connectivity index (χ1) is 10.3. The number of amides is 1. The third-order valence-electron chi connectivity index (χ3n) is 4.06. The van der Waals surface area contributed by atoms with Crippen LogP contribution in [0, 0.1) is 19.8 Å². The molecule has 0 aromatic heterocycles. The lowest BCUT2D eigenvalue weighted by atomic mass is 9.98. The minimum Gasteiger partial charge on any atom is -0.495 e. The Morgan fingerprint density at radius 3 is 2.36 bits per heavy atom. The molecule has 0 unspecified atom stereocenters. The van der Waals surface area contributed by atoms with E-state index in [1.807, 2.05) is 13.0 Å². The van der Waals surface area contributed by atoms with Crippen molar-refractivity contribution in [2.75, 3.05) is 20.2 Å². The van der Waals surface area contributed by atoms with Gasteiger partial charge in [0.1, 0.15) is 10.6 Å². The van der Waals surface area contributed by atoms with E-state index in [9.17, 15) is 13.2 Å². The molecule has 2 rings (SSSR count). The highest BCUT2D eigenvalue weighted by Crippen LogP contribution is 2.33. The highest BCUT2D eigenvalue weighted by atomic mass is 32.2. The van der Waals surface area contributed by atoms with Crippen LogP contribution in [0.3, 0.4) is 0 Å². The lowest BCUT2D eigenvalue weighted by Crippen LogP contribution is -2.41. The van der Waals surface area contributed by atoms with E-state index in [0.717, 1.165) is 5.56 Å². The second kappa shape index (κ2) is 6.26. The van der Waals surface area contributed by atoms with Crippen LogP contribution >= 0.6 is 0 Å². The number of nitrogens with two attached hydrogens (primary N) is 1. The Kier molecular flexibility index (Phi) is 4.77. The van der Waals surface area contributed by atoms with Gasteiger partial charge in [0, 0.05) is 19.0 Å². The van der Waals surface area contributed by atoms with Crippen LogP contribution < -0.4 is 10.5 Å². The van der Waals surface area contributed by atoms with Crippen molar-refractivity contribution in [2.45, 2.75) is 31.6 Å². The number of benzene rings is 1. The standard InChI is InChI=1S/C15H22N2O4S/c1-10-8-11(2)14(13(9-10)21-3)22(19,20)17-6-4-12(5-7-17)15(16)18/h8-9,12H,4-7H2,1-3H3,(H2,16,18). The van der Waals surface area contributed by atoms with Gasteiger partial charge >= 0.3 is 0 Å². The van der Waals surface area contributed by atoms with Crippen LogP contribution in [0.15, 0.2) is 17.0 Å². The molecule has 6 nitrogen and oxygen atoms in total. The van der Waals surface area contributed by atoms with E-state index < -0.39 is 10.0 Å². The Hall–Kier alpha value is -1.60. The number of nitrogens with zero attached hydrogens (tertiary/aromatic N) is 1. The smallest absolute Gasteiger partial charge is 0.247 e. The first kappa shape index (κ1) is 16.8. The maximum Gasteiger partial charge on any atom is 0.247 e. The minimum atomic E-state index is -3.65. The molecule has 1 aromatic carbocycles. The van der Waals surface area contributed by atoms with Crippen LogP contribution in [-0.2, 0) is 14.8 Å². The number of primary amides is 1. The highest BCUT2D eigenvalue weighted by molar-refractivity contribution is 7.89. The molecule has 0 atom stereocenters. The second-order valence-electron chi connectivity index (χ2n) is 5.69. The van der Waals surface area contributed by atoms with Crippen LogP contribution in [0.5, 0.6) is 5.75 Å². The van der Waals surface area contributed by atoms with Gasteiger partial charge in [-0.1, -0.05) is 6.07 Å². The molecule has 0 spiro atoms. The minimum absolute atomic E-state index is 0.207. The maximum atomic E-state index is 12.9. The third-order valence-corrected chi connectivity index (χ3v) is 6.14. The monoisotopic (exact) mass is 326 g/mol. The van der Waals surface area contributed by atoms with E-state index in [0.29, 0.717) is 37.2 Å². The van der Waals surface area contributed by atoms with Crippen molar-refractivity contribution in [1.82, 2.24) is 4.31 Å². The molecule has 122 valence electrons. The zero-order valence-corrected chi connectivity index (χ0v) is 13.9. The number of ether oxygens (including phenoxy) is 1. The number of rotatable bonds is 4. The fourth-order valence-electron chi connectivity index (χ4n) is 2.91. The summed E-state index contributed by atoms with van der Waals surface area (Å²) < 4.78 is 32.5. The van der Waals surface area contributed by atoms with E-state index in [2.05, 4.69) is 0 Å². The molecular weight excluding hydrogens is 304 g/mol. The fraction of sp³-hybridized carbons (Fsp3) is 0.533. The van der Waals surface area contributed by atoms with E-state index in [-0.39, 0.29) is 16.7 Å². The summed E-state index contributed by atoms with van der Waals surface area (Å²) in [5.74, 6) is -0.247. The molecule has 2 N–H and O–H groups in total. The first-order valence-electron chi connectivity index (χ1n) is 7.22. The summed E-state index contributed by atoms with van der Waals surface area (Å²) in [4.78, 5) is 11.4. The molecule has 1 amide bonds. The van der Waals surface area contributed by atoms with Crippen molar-refractivity contribution in [1.29, 1.82) is 0 Å². The summed E-state index contributed by atoms with van der Waals surface area (Å²) in [5, 5.41) is 0. The van der Waals surface area contributed by atoms with Gasteiger partial charge in [0.2, 0.25) is 15.9 Å². The van der Waals surface area contributed by atoms with Crippen molar-refractivity contribution < 1.29 is 17.9 Å². The van der Waals surface area contributed by atoms with Crippen LogP contribution in [0.4, 0.5) is 0 Å². The molecule has 1 aliphatic heterocycles. The Morgan fingerprint density at radius 1 is 1.27 bits per heavy atom. The quantitative estimate of drug-likeness (QED) is 0.900. The van der Waals surface area contributed by atoms with Crippen molar-refractivity contribution in [3.8, 4) is 5.75 Å². The van der Waals surface area contributed by atoms with Gasteiger partial charge in [-0.25, -0.2) is 8.42 Å². The number of methoxy groups -OCH3 is 1. The number of aryl methyl sites for hydroxylation is 2. The van der Waals surface area contributed by atoms with E-state index in [4.69, 9.17) is 10.5 Å². The number of hydrogen-bond acceptors (Lipinski definition) is 4. The summed E-state index contributed by atoms with van der Waals surface area (Å²) in [7, 11) is -2.18. The zero-order chi connectivity index (χ0) is 16.5. The molecule has 0 bridgehead atoms. The van der Waals surface area contributed by atoms with Gasteiger partial charge in [0.05, 0.1) is 7.11 Å². The summed E-state index contributed by atoms with van der Waals surface area (Å²) in [6, 6.07) is 3.54. The van der Waals surface area contributed by atoms with Gasteiger partial charge in [0.15, 0.2) is 0 Å². The van der Waals surface area contributed by atoms with Crippen LogP contribution in [0.1, 0.15) is 24.0 Å². The van der Waals surface area contributed by atoms with Gasteiger partial charge in [0.25, 0.3) is 0 Å². The van der Waals surface area contributed by atoms with Gasteiger partial charge in [-0.15, -0.1) is 0 Å². The van der Waals surface area contributed by atoms with Gasteiger partial charge in [-0.2, -0.15) is 4.31 Å². The summed E-state index contributed by atoms with van der Waals surface area (Å²) in [6.45, 7) is 4.25. The molecule has 1 saturated heterocycles. The Bertz CT molecular complexity index is 677. The predicted molar refractivity (Wildman–Crippen MR) is 83.1 cm³/mol. The van der Waals surface area contributed by atoms with Gasteiger partial charge < -0.3 is 10.5 Å². The molecule has 1 aliphatic rings. The number of hydrogen-bond donors (Lipinski definition) is 1. The van der Waals surface area contributed by atoms with Crippen LogP contribution in [0.25, 0.3) is 0 Å². The molecule has 1 fully saturated rings. The summed E-state index contributed by atoms with van der Waals surface area (Å²) in [5.41, 5.74) is 6.90. The number of carbonyl (C=O) groups is 1. The van der Waals surface area contributed by atoms with Crippen molar-refractivity contribution in [2.24, 2.45) is 11.7 Å². The molecule has 0 aliphatic carbocycles. The largest absolute Gasteiger partial charge is 0.495 e. The molecule has 1 heterocycles. The van der Waals surface area contributed by atoms with Crippen molar-refractivity contribution >= 4 is 15.9 Å². The molecule has 0 saturated carbocycles. The first-order valence-corrected chi connectivity index (χ1v) is 8.66. The maximum absolute atomic E-state index is 12.9. The normalized spacial score (nSPS) is 17.4. The second-order valence-corrected chi connectivity index (χ2v) is 7.57. The van der Waals surface area contributed by atoms with Crippen molar-refractivity contribution in [3.63, 3.8) is 0 Å². The average molecular weight is 326 g/mol. The number of piperidine rings is 1. The predicted octanol–water partition coefficient (Wildman–Crippen LogP) is 1.20. The Morgan fingerprint density at radius 2 is 1.86 bits per heavy atom. The van der Waals surface area contributed by atoms with E-state index in [1.165, 1.54) is 11.4 Å². The van der Waals surface area contributed by atoms with Gasteiger partial charge in [-0.05, 0) is 43.9 Å². The molecule has 7 heteroatoms. The summed E-state index contributed by atoms with van der Waals surface area (Å²) >= 11 is 0. The van der Waals surface area contributed by atoms with E-state index in [1.54, 1.807) is 13.0 Å². The molecule has 1 aromatic rings. The lowest BCUT2D eigenvalue weighted by Gasteiger charge is -2.30. The average Bonchev–Trinajstić information content (AvgIpc) is 2.45. The SMILES string of the molecule is COc1cc(C)cc(C)c1S(=O)(=O)N1CCC(C(N)=O)CC1. The fourth-order valence-corrected chi connectivity index (χ4v) is 4.72. The van der Waals surface area contributed by atoms with Crippen molar-refractivity contribution in [3.05, 3.63) is 23.3 Å². The summed E-state index contributed by atoms with van der Waals surface area (Å²) in [6.07, 6.45) is 0.920. The Labute approximate surface area is 131 Å². The molecule has 0 radical (unpaired) electrons. The molecular formula is C15H22N2O4S. The van der Waals surface area contributed by atoms with Gasteiger partial charge in [-0.3, -0.25) is 4.79 Å². The van der Waals surface area contributed by atoms with Crippen LogP contribution in [0.2, 0.25) is 0 Å². The molecule has 22 heavy (non-hydrogen) atoms. The third kappa shape index (κ3) is 3.10.